The lowest BCUT2D eigenvalue weighted by molar-refractivity contribution is -0.117. The highest BCUT2D eigenvalue weighted by Crippen LogP contribution is 2.29. The Bertz CT molecular complexity index is 1500. The number of H-pyrrole nitrogens is 1. The molecule has 4 aromatic rings. The molecule has 0 saturated carbocycles. The van der Waals surface area contributed by atoms with Crippen LogP contribution in [0.1, 0.15) is 47.2 Å². The van der Waals surface area contributed by atoms with Gasteiger partial charge in [-0.1, -0.05) is 0 Å². The highest BCUT2D eigenvalue weighted by Gasteiger charge is 2.22. The predicted octanol–water partition coefficient (Wildman–Crippen LogP) is 3.96. The van der Waals surface area contributed by atoms with Gasteiger partial charge < -0.3 is 15.6 Å². The number of rotatable bonds is 6. The maximum atomic E-state index is 13.1. The summed E-state index contributed by atoms with van der Waals surface area (Å²) < 4.78 is 1.85. The van der Waals surface area contributed by atoms with Crippen molar-refractivity contribution in [3.05, 3.63) is 53.2 Å². The molecule has 3 N–H and O–H groups in total. The second-order valence-electron chi connectivity index (χ2n) is 9.84. The third-order valence-electron chi connectivity index (χ3n) is 7.17. The number of amides is 2. The van der Waals surface area contributed by atoms with Crippen LogP contribution in [0.5, 0.6) is 0 Å². The Labute approximate surface area is 215 Å². The number of aromatic nitrogens is 5. The summed E-state index contributed by atoms with van der Waals surface area (Å²) in [5.74, 6) is -0.390. The number of hydrogen-bond acceptors (Lipinski definition) is 6. The van der Waals surface area contributed by atoms with Gasteiger partial charge in [0.15, 0.2) is 0 Å². The highest BCUT2D eigenvalue weighted by molar-refractivity contribution is 6.06. The van der Waals surface area contributed by atoms with Crippen LogP contribution in [0.4, 0.5) is 11.4 Å². The first kappa shape index (κ1) is 24.6. The highest BCUT2D eigenvalue weighted by atomic mass is 16.2. The van der Waals surface area contributed by atoms with E-state index in [1.165, 1.54) is 0 Å². The number of pyridine rings is 2. The smallest absolute Gasteiger partial charge is 0.257 e. The van der Waals surface area contributed by atoms with E-state index in [1.54, 1.807) is 18.5 Å². The second-order valence-corrected chi connectivity index (χ2v) is 9.84. The summed E-state index contributed by atoms with van der Waals surface area (Å²) in [5.41, 5.74) is 6.78. The summed E-state index contributed by atoms with van der Waals surface area (Å²) in [4.78, 5) is 40.0. The molecule has 0 aromatic carbocycles. The van der Waals surface area contributed by atoms with Crippen LogP contribution in [0.2, 0.25) is 0 Å². The molecule has 0 unspecified atom stereocenters. The Morgan fingerprint density at radius 1 is 1.08 bits per heavy atom. The van der Waals surface area contributed by atoms with Crippen LogP contribution in [-0.4, -0.2) is 60.6 Å². The van der Waals surface area contributed by atoms with Crippen LogP contribution in [0.15, 0.2) is 30.6 Å². The summed E-state index contributed by atoms with van der Waals surface area (Å²) >= 11 is 0. The average Bonchev–Trinajstić information content (AvgIpc) is 3.52. The number of nitrogens with zero attached hydrogens (tertiary/aromatic N) is 5. The number of aromatic amines is 1. The van der Waals surface area contributed by atoms with Crippen molar-refractivity contribution in [2.45, 2.75) is 46.6 Å². The van der Waals surface area contributed by atoms with E-state index in [9.17, 15) is 9.59 Å². The molecule has 0 bridgehead atoms. The number of anilines is 2. The molecular weight excluding hydrogens is 468 g/mol. The largest absolute Gasteiger partial charge is 0.339 e. The molecule has 1 aliphatic heterocycles. The van der Waals surface area contributed by atoms with E-state index in [0.717, 1.165) is 47.4 Å². The fraction of sp³-hybridized carbons (Fsp3) is 0.370. The first-order valence-corrected chi connectivity index (χ1v) is 12.5. The number of carbonyl (C=O) groups is 2. The van der Waals surface area contributed by atoms with Crippen molar-refractivity contribution in [1.82, 2.24) is 29.6 Å². The van der Waals surface area contributed by atoms with E-state index in [0.29, 0.717) is 40.9 Å². The quantitative estimate of drug-likeness (QED) is 0.369. The van der Waals surface area contributed by atoms with E-state index < -0.39 is 0 Å². The van der Waals surface area contributed by atoms with E-state index in [-0.39, 0.29) is 11.8 Å². The van der Waals surface area contributed by atoms with Crippen LogP contribution in [-0.2, 0) is 11.8 Å². The Kier molecular flexibility index (Phi) is 6.51. The van der Waals surface area contributed by atoms with Crippen LogP contribution in [0.25, 0.3) is 22.3 Å². The minimum Gasteiger partial charge on any atom is -0.339 e. The van der Waals surface area contributed by atoms with E-state index in [1.807, 2.05) is 44.6 Å². The summed E-state index contributed by atoms with van der Waals surface area (Å²) in [7, 11) is 1.92. The molecule has 10 heteroatoms. The van der Waals surface area contributed by atoms with E-state index in [2.05, 4.69) is 42.5 Å². The lowest BCUT2D eigenvalue weighted by atomic mass is 10.1. The first-order chi connectivity index (χ1) is 17.7. The molecule has 1 saturated heterocycles. The van der Waals surface area contributed by atoms with Crippen molar-refractivity contribution in [3.8, 4) is 11.3 Å². The third-order valence-corrected chi connectivity index (χ3v) is 7.17. The van der Waals surface area contributed by atoms with Crippen LogP contribution < -0.4 is 10.6 Å². The van der Waals surface area contributed by atoms with E-state index in [4.69, 9.17) is 0 Å². The Balaban J connectivity index is 1.32. The van der Waals surface area contributed by atoms with Crippen molar-refractivity contribution in [2.75, 3.05) is 23.7 Å². The molecule has 4 aromatic heterocycles. The molecule has 192 valence electrons. The molecular formula is C27H32N8O2. The number of aryl methyl sites for hydroxylation is 3. The zero-order valence-corrected chi connectivity index (χ0v) is 21.8. The van der Waals surface area contributed by atoms with Crippen molar-refractivity contribution in [2.24, 2.45) is 7.05 Å². The third kappa shape index (κ3) is 4.97. The second kappa shape index (κ2) is 9.78. The van der Waals surface area contributed by atoms with Gasteiger partial charge in [0.1, 0.15) is 5.65 Å². The van der Waals surface area contributed by atoms with Gasteiger partial charge in [-0.25, -0.2) is 4.98 Å². The number of hydrogen-bond donors (Lipinski definition) is 3. The molecule has 1 fully saturated rings. The van der Waals surface area contributed by atoms with Gasteiger partial charge in [0.25, 0.3) is 5.91 Å². The maximum absolute atomic E-state index is 13.1. The molecule has 1 atom stereocenters. The minimum absolute atomic E-state index is 0.0892. The number of fused-ring (bicyclic) bond motifs is 1. The van der Waals surface area contributed by atoms with Gasteiger partial charge in [0.05, 0.1) is 46.8 Å². The van der Waals surface area contributed by atoms with Gasteiger partial charge in [-0.3, -0.25) is 24.2 Å². The lowest BCUT2D eigenvalue weighted by Gasteiger charge is -2.20. The molecule has 2 amide bonds. The summed E-state index contributed by atoms with van der Waals surface area (Å²) in [6, 6.07) is 5.95. The van der Waals surface area contributed by atoms with Gasteiger partial charge in [0.2, 0.25) is 5.91 Å². The molecule has 5 heterocycles. The van der Waals surface area contributed by atoms with Gasteiger partial charge in [0, 0.05) is 35.9 Å². The Morgan fingerprint density at radius 3 is 2.59 bits per heavy atom. The number of carbonyl (C=O) groups excluding carboxylic acids is 2. The molecule has 10 nitrogen and oxygen atoms in total. The molecule has 0 aliphatic carbocycles. The summed E-state index contributed by atoms with van der Waals surface area (Å²) in [6.45, 7) is 9.23. The standard InChI is InChI=1S/C27H32N8O2/c1-15-7-6-8-35(15)14-24(36)30-21-11-22(16(2)28-13-21)32-27(37)20-9-19-10-23(31-26(19)29-12-20)25-17(3)33-34(5)18(25)4/h9-13,15H,6-8,14H2,1-5H3,(H,29,31)(H,30,36)(H,32,37)/t15-/m0/s1. The van der Waals surface area contributed by atoms with Gasteiger partial charge in [-0.2, -0.15) is 5.10 Å². The SMILES string of the molecule is Cc1ncc(NC(=O)CN2CCC[C@@H]2C)cc1NC(=O)c1cnc2[nH]c(-c3c(C)nn(C)c3C)cc2c1. The van der Waals surface area contributed by atoms with E-state index >= 15 is 0 Å². The zero-order chi connectivity index (χ0) is 26.3. The van der Waals surface area contributed by atoms with Crippen molar-refractivity contribution < 1.29 is 9.59 Å². The lowest BCUT2D eigenvalue weighted by Crippen LogP contribution is -2.35. The fourth-order valence-corrected chi connectivity index (χ4v) is 4.97. The zero-order valence-electron chi connectivity index (χ0n) is 21.8. The van der Waals surface area contributed by atoms with Gasteiger partial charge in [-0.05, 0) is 65.3 Å². The molecule has 5 rings (SSSR count). The summed E-state index contributed by atoms with van der Waals surface area (Å²) in [6.07, 6.45) is 5.38. The maximum Gasteiger partial charge on any atom is 0.257 e. The Morgan fingerprint density at radius 2 is 1.89 bits per heavy atom. The first-order valence-electron chi connectivity index (χ1n) is 12.5. The molecule has 0 radical (unpaired) electrons. The molecule has 0 spiro atoms. The van der Waals surface area contributed by atoms with Crippen molar-refractivity contribution in [3.63, 3.8) is 0 Å². The normalized spacial score (nSPS) is 15.9. The number of nitrogens with one attached hydrogen (secondary N) is 3. The fourth-order valence-electron chi connectivity index (χ4n) is 4.97. The van der Waals surface area contributed by atoms with Crippen molar-refractivity contribution >= 4 is 34.2 Å². The minimum atomic E-state index is -0.301. The Hall–Kier alpha value is -4.05. The number of likely N-dealkylation sites (tertiary alicyclic amines) is 1. The van der Waals surface area contributed by atoms with Gasteiger partial charge >= 0.3 is 0 Å². The average molecular weight is 501 g/mol. The topological polar surface area (TPSA) is 121 Å². The van der Waals surface area contributed by atoms with Gasteiger partial charge in [-0.15, -0.1) is 0 Å². The van der Waals surface area contributed by atoms with Crippen molar-refractivity contribution in [1.29, 1.82) is 0 Å². The summed E-state index contributed by atoms with van der Waals surface area (Å²) in [5, 5.41) is 11.1. The monoisotopic (exact) mass is 500 g/mol. The van der Waals surface area contributed by atoms with Crippen LogP contribution >= 0.6 is 0 Å². The van der Waals surface area contributed by atoms with Crippen LogP contribution in [0.3, 0.4) is 0 Å². The molecule has 37 heavy (non-hydrogen) atoms. The van der Waals surface area contributed by atoms with Crippen LogP contribution in [0, 0.1) is 20.8 Å². The molecule has 1 aliphatic rings. The predicted molar refractivity (Wildman–Crippen MR) is 144 cm³/mol.